The van der Waals surface area contributed by atoms with Gasteiger partial charge in [0.05, 0.1) is 0 Å². The molecule has 98 valence electrons. The lowest BCUT2D eigenvalue weighted by molar-refractivity contribution is 0.535. The monoisotopic (exact) mass is 263 g/mol. The van der Waals surface area contributed by atoms with Crippen molar-refractivity contribution >= 4 is 23.1 Å². The van der Waals surface area contributed by atoms with E-state index < -0.39 is 0 Å². The molecule has 2 N–H and O–H groups in total. The number of pyridine rings is 1. The maximum Gasteiger partial charge on any atom is 0.172 e. The quantitative estimate of drug-likeness (QED) is 0.633. The summed E-state index contributed by atoms with van der Waals surface area (Å²) in [5.41, 5.74) is 1.18. The molecule has 2 rings (SSSR count). The number of hydrogen-bond donors (Lipinski definition) is 2. The molecule has 1 aliphatic carbocycles. The number of aryl methyl sites for hydroxylation is 1. The van der Waals surface area contributed by atoms with Crippen LogP contribution in [-0.2, 0) is 0 Å². The van der Waals surface area contributed by atoms with Gasteiger partial charge in [0.15, 0.2) is 5.11 Å². The van der Waals surface area contributed by atoms with Gasteiger partial charge in [0.1, 0.15) is 5.82 Å². The smallest absolute Gasteiger partial charge is 0.172 e. The average molecular weight is 263 g/mol. The van der Waals surface area contributed by atoms with Crippen LogP contribution in [0.3, 0.4) is 0 Å². The van der Waals surface area contributed by atoms with E-state index in [9.17, 15) is 0 Å². The Balaban J connectivity index is 1.84. The Morgan fingerprint density at radius 3 is 2.67 bits per heavy atom. The minimum Gasteiger partial charge on any atom is -0.360 e. The predicted octanol–water partition coefficient (Wildman–Crippen LogP) is 3.40. The molecule has 0 radical (unpaired) electrons. The Hall–Kier alpha value is -1.16. The van der Waals surface area contributed by atoms with Crippen molar-refractivity contribution in [1.82, 2.24) is 10.3 Å². The molecule has 1 aliphatic rings. The van der Waals surface area contributed by atoms with E-state index in [4.69, 9.17) is 12.2 Å². The molecule has 18 heavy (non-hydrogen) atoms. The van der Waals surface area contributed by atoms with Crippen LogP contribution in [0.5, 0.6) is 0 Å². The number of nitrogens with one attached hydrogen (secondary N) is 2. The number of anilines is 1. The normalized spacial score (nSPS) is 16.9. The summed E-state index contributed by atoms with van der Waals surface area (Å²) in [6.45, 7) is 2.05. The lowest BCUT2D eigenvalue weighted by Crippen LogP contribution is -2.37. The van der Waals surface area contributed by atoms with E-state index >= 15 is 0 Å². The summed E-state index contributed by atoms with van der Waals surface area (Å²) < 4.78 is 0. The highest BCUT2D eigenvalue weighted by atomic mass is 32.1. The minimum absolute atomic E-state index is 0.525. The van der Waals surface area contributed by atoms with Crippen LogP contribution in [0, 0.1) is 6.92 Å². The van der Waals surface area contributed by atoms with Crippen LogP contribution in [0.1, 0.15) is 44.1 Å². The highest BCUT2D eigenvalue weighted by molar-refractivity contribution is 7.80. The van der Waals surface area contributed by atoms with Gasteiger partial charge in [-0.05, 0) is 49.7 Å². The van der Waals surface area contributed by atoms with Gasteiger partial charge in [-0.2, -0.15) is 0 Å². The standard InChI is InChI=1S/C14H21N3S/c1-11-8-9-15-13(10-11)17-14(18)16-12-6-4-2-3-5-7-12/h8-10,12H,2-7H2,1H3,(H2,15,16,17,18). The fourth-order valence-corrected chi connectivity index (χ4v) is 2.64. The summed E-state index contributed by atoms with van der Waals surface area (Å²) in [4.78, 5) is 4.25. The number of rotatable bonds is 2. The van der Waals surface area contributed by atoms with Crippen LogP contribution >= 0.6 is 12.2 Å². The second kappa shape index (κ2) is 6.69. The summed E-state index contributed by atoms with van der Waals surface area (Å²) in [6.07, 6.45) is 9.58. The van der Waals surface area contributed by atoms with Crippen molar-refractivity contribution in [2.24, 2.45) is 0 Å². The molecule has 1 aromatic heterocycles. The molecule has 0 amide bonds. The summed E-state index contributed by atoms with van der Waals surface area (Å²) in [5, 5.41) is 7.26. The molecule has 0 bridgehead atoms. The van der Waals surface area contributed by atoms with Crippen LogP contribution in [0.15, 0.2) is 18.3 Å². The maximum absolute atomic E-state index is 5.34. The molecule has 1 saturated carbocycles. The molecule has 1 heterocycles. The fourth-order valence-electron chi connectivity index (χ4n) is 2.37. The lowest BCUT2D eigenvalue weighted by atomic mass is 10.1. The topological polar surface area (TPSA) is 37.0 Å². The number of aromatic nitrogens is 1. The van der Waals surface area contributed by atoms with Crippen molar-refractivity contribution in [2.45, 2.75) is 51.5 Å². The van der Waals surface area contributed by atoms with E-state index in [-0.39, 0.29) is 0 Å². The van der Waals surface area contributed by atoms with Crippen molar-refractivity contribution in [1.29, 1.82) is 0 Å². The van der Waals surface area contributed by atoms with E-state index in [0.717, 1.165) is 5.82 Å². The Morgan fingerprint density at radius 2 is 2.00 bits per heavy atom. The summed E-state index contributed by atoms with van der Waals surface area (Å²) in [6, 6.07) is 4.51. The van der Waals surface area contributed by atoms with Crippen LogP contribution < -0.4 is 10.6 Å². The Bertz CT molecular complexity index is 398. The molecule has 0 saturated heterocycles. The van der Waals surface area contributed by atoms with Crippen molar-refractivity contribution in [3.05, 3.63) is 23.9 Å². The van der Waals surface area contributed by atoms with Gasteiger partial charge in [0.2, 0.25) is 0 Å². The first-order valence-electron chi connectivity index (χ1n) is 6.74. The summed E-state index contributed by atoms with van der Waals surface area (Å²) in [7, 11) is 0. The molecule has 0 unspecified atom stereocenters. The zero-order chi connectivity index (χ0) is 12.8. The van der Waals surface area contributed by atoms with Gasteiger partial charge < -0.3 is 10.6 Å². The molecule has 0 atom stereocenters. The van der Waals surface area contributed by atoms with Crippen molar-refractivity contribution in [3.63, 3.8) is 0 Å². The summed E-state index contributed by atoms with van der Waals surface area (Å²) in [5.74, 6) is 0.820. The maximum atomic E-state index is 5.34. The Kier molecular flexibility index (Phi) is 4.93. The lowest BCUT2D eigenvalue weighted by Gasteiger charge is -2.18. The van der Waals surface area contributed by atoms with Crippen molar-refractivity contribution < 1.29 is 0 Å². The summed E-state index contributed by atoms with van der Waals surface area (Å²) >= 11 is 5.34. The van der Waals surface area contributed by atoms with Crippen molar-refractivity contribution in [3.8, 4) is 0 Å². The van der Waals surface area contributed by atoms with Gasteiger partial charge in [-0.15, -0.1) is 0 Å². The fraction of sp³-hybridized carbons (Fsp3) is 0.571. The van der Waals surface area contributed by atoms with E-state index in [0.29, 0.717) is 11.2 Å². The highest BCUT2D eigenvalue weighted by Crippen LogP contribution is 2.17. The SMILES string of the molecule is Cc1ccnc(NC(=S)NC2CCCCCC2)c1. The minimum atomic E-state index is 0.525. The molecule has 0 spiro atoms. The molecule has 1 aromatic rings. The molecule has 4 heteroatoms. The van der Waals surface area contributed by atoms with Crippen LogP contribution in [-0.4, -0.2) is 16.1 Å². The largest absolute Gasteiger partial charge is 0.360 e. The number of hydrogen-bond acceptors (Lipinski definition) is 2. The number of thiocarbonyl (C=S) groups is 1. The van der Waals surface area contributed by atoms with Gasteiger partial charge in [0.25, 0.3) is 0 Å². The third-order valence-corrected chi connectivity index (χ3v) is 3.57. The molecule has 1 fully saturated rings. The predicted molar refractivity (Wildman–Crippen MR) is 79.8 cm³/mol. The van der Waals surface area contributed by atoms with Crippen LogP contribution in [0.25, 0.3) is 0 Å². The van der Waals surface area contributed by atoms with Crippen LogP contribution in [0.4, 0.5) is 5.82 Å². The third kappa shape index (κ3) is 4.26. The van der Waals surface area contributed by atoms with Gasteiger partial charge in [0, 0.05) is 12.2 Å². The van der Waals surface area contributed by atoms with Gasteiger partial charge in [-0.1, -0.05) is 25.7 Å². The first-order valence-corrected chi connectivity index (χ1v) is 7.15. The van der Waals surface area contributed by atoms with E-state index in [1.54, 1.807) is 6.20 Å². The zero-order valence-electron chi connectivity index (χ0n) is 10.9. The molecule has 3 nitrogen and oxygen atoms in total. The Labute approximate surface area is 114 Å². The number of nitrogens with zero attached hydrogens (tertiary/aromatic N) is 1. The van der Waals surface area contributed by atoms with Gasteiger partial charge in [-0.3, -0.25) is 0 Å². The van der Waals surface area contributed by atoms with E-state index in [2.05, 4.69) is 22.5 Å². The van der Waals surface area contributed by atoms with Gasteiger partial charge in [-0.25, -0.2) is 4.98 Å². The van der Waals surface area contributed by atoms with Crippen LogP contribution in [0.2, 0.25) is 0 Å². The first-order chi connectivity index (χ1) is 8.74. The molecular weight excluding hydrogens is 242 g/mol. The second-order valence-corrected chi connectivity index (χ2v) is 5.41. The second-order valence-electron chi connectivity index (χ2n) is 5.01. The Morgan fingerprint density at radius 1 is 1.28 bits per heavy atom. The van der Waals surface area contributed by atoms with Crippen molar-refractivity contribution in [2.75, 3.05) is 5.32 Å². The first kappa shape index (κ1) is 13.3. The average Bonchev–Trinajstić information content (AvgIpc) is 2.57. The molecule has 0 aliphatic heterocycles. The molecule has 0 aromatic carbocycles. The van der Waals surface area contributed by atoms with E-state index in [1.807, 2.05) is 12.1 Å². The zero-order valence-corrected chi connectivity index (χ0v) is 11.7. The third-order valence-electron chi connectivity index (χ3n) is 3.35. The van der Waals surface area contributed by atoms with E-state index in [1.165, 1.54) is 44.1 Å². The molecular formula is C14H21N3S. The van der Waals surface area contributed by atoms with Gasteiger partial charge >= 0.3 is 0 Å². The highest BCUT2D eigenvalue weighted by Gasteiger charge is 2.12.